The van der Waals surface area contributed by atoms with Crippen molar-refractivity contribution in [3.05, 3.63) is 46.6 Å². The van der Waals surface area contributed by atoms with Gasteiger partial charge in [-0.15, -0.1) is 0 Å². The molecule has 0 saturated heterocycles. The summed E-state index contributed by atoms with van der Waals surface area (Å²) in [5, 5.41) is 10.5. The van der Waals surface area contributed by atoms with Gasteiger partial charge in [0.1, 0.15) is 0 Å². The highest BCUT2D eigenvalue weighted by molar-refractivity contribution is 7.90. The second-order valence-electron chi connectivity index (χ2n) is 3.79. The van der Waals surface area contributed by atoms with Gasteiger partial charge in [-0.2, -0.15) is 0 Å². The number of rotatable bonds is 3. The van der Waals surface area contributed by atoms with Crippen LogP contribution < -0.4 is 0 Å². The minimum Gasteiger partial charge on any atom is -0.360 e. The maximum absolute atomic E-state index is 11.5. The summed E-state index contributed by atoms with van der Waals surface area (Å²) < 4.78 is 23.1. The van der Waals surface area contributed by atoms with Crippen molar-refractivity contribution in [3.63, 3.8) is 0 Å². The zero-order chi connectivity index (χ0) is 13.3. The van der Waals surface area contributed by atoms with E-state index in [0.29, 0.717) is 11.3 Å². The fourth-order valence-corrected chi connectivity index (χ4v) is 2.50. The molecule has 0 aliphatic rings. The first kappa shape index (κ1) is 12.3. The molecular formula is C11H10N2O4S. The Morgan fingerprint density at radius 3 is 2.28 bits per heavy atom. The average Bonchev–Trinajstić information content (AvgIpc) is 2.77. The Balaban J connectivity index is 2.50. The normalized spacial score (nSPS) is 11.4. The first-order valence-corrected chi connectivity index (χ1v) is 6.91. The molecule has 6 nitrogen and oxygen atoms in total. The van der Waals surface area contributed by atoms with Crippen LogP contribution in [-0.4, -0.2) is 24.6 Å². The zero-order valence-corrected chi connectivity index (χ0v) is 10.3. The Labute approximate surface area is 103 Å². The second-order valence-corrected chi connectivity index (χ2v) is 5.78. The number of nitrogens with zero attached hydrogens (tertiary/aromatic N) is 1. The topological polar surface area (TPSA) is 93.1 Å². The number of nitro benzene ring substituents is 1. The fourth-order valence-electron chi connectivity index (χ4n) is 1.64. The monoisotopic (exact) mass is 266 g/mol. The van der Waals surface area contributed by atoms with Crippen LogP contribution in [-0.2, 0) is 9.84 Å². The van der Waals surface area contributed by atoms with Crippen LogP contribution in [0.3, 0.4) is 0 Å². The Morgan fingerprint density at radius 2 is 1.78 bits per heavy atom. The smallest absolute Gasteiger partial charge is 0.269 e. The number of benzene rings is 1. The summed E-state index contributed by atoms with van der Waals surface area (Å²) in [6, 6.07) is 7.16. The summed E-state index contributed by atoms with van der Waals surface area (Å²) in [6.07, 6.45) is 2.64. The molecule has 94 valence electrons. The molecule has 0 fully saturated rings. The Morgan fingerprint density at radius 1 is 1.17 bits per heavy atom. The van der Waals surface area contributed by atoms with Crippen molar-refractivity contribution in [2.24, 2.45) is 0 Å². The lowest BCUT2D eigenvalue weighted by Crippen LogP contribution is -1.97. The van der Waals surface area contributed by atoms with Gasteiger partial charge >= 0.3 is 0 Å². The molecule has 2 aromatic rings. The minimum atomic E-state index is -3.33. The van der Waals surface area contributed by atoms with Crippen LogP contribution in [0.5, 0.6) is 0 Å². The molecule has 0 aliphatic heterocycles. The molecule has 0 aliphatic carbocycles. The molecule has 0 amide bonds. The molecule has 1 heterocycles. The van der Waals surface area contributed by atoms with Crippen LogP contribution in [0, 0.1) is 10.1 Å². The summed E-state index contributed by atoms with van der Waals surface area (Å²) in [5.41, 5.74) is 0.990. The van der Waals surface area contributed by atoms with Crippen molar-refractivity contribution >= 4 is 15.5 Å². The van der Waals surface area contributed by atoms with Gasteiger partial charge in [-0.3, -0.25) is 10.1 Å². The van der Waals surface area contributed by atoms with E-state index in [9.17, 15) is 18.5 Å². The molecule has 0 unspecified atom stereocenters. The molecule has 0 spiro atoms. The van der Waals surface area contributed by atoms with Gasteiger partial charge in [0, 0.05) is 24.6 Å². The van der Waals surface area contributed by atoms with Crippen LogP contribution in [0.2, 0.25) is 0 Å². The number of non-ortho nitro benzene ring substituents is 1. The van der Waals surface area contributed by atoms with Crippen LogP contribution >= 0.6 is 0 Å². The van der Waals surface area contributed by atoms with Crippen LogP contribution in [0.15, 0.2) is 41.4 Å². The van der Waals surface area contributed by atoms with Crippen molar-refractivity contribution in [1.29, 1.82) is 0 Å². The Kier molecular flexibility index (Phi) is 2.92. The number of nitro groups is 1. The summed E-state index contributed by atoms with van der Waals surface area (Å²) in [6.45, 7) is 0. The highest BCUT2D eigenvalue weighted by Gasteiger charge is 2.16. The largest absolute Gasteiger partial charge is 0.360 e. The molecule has 18 heavy (non-hydrogen) atoms. The van der Waals surface area contributed by atoms with E-state index in [0.717, 1.165) is 6.26 Å². The molecule has 0 saturated carbocycles. The summed E-state index contributed by atoms with van der Waals surface area (Å²) >= 11 is 0. The number of H-pyrrole nitrogens is 1. The van der Waals surface area contributed by atoms with E-state index in [2.05, 4.69) is 4.98 Å². The van der Waals surface area contributed by atoms with Crippen molar-refractivity contribution in [1.82, 2.24) is 4.98 Å². The predicted octanol–water partition coefficient (Wildman–Crippen LogP) is 1.99. The SMILES string of the molecule is CS(=O)(=O)c1cc[nH]c1-c1ccc([N+](=O)[O-])cc1. The third kappa shape index (κ3) is 2.25. The quantitative estimate of drug-likeness (QED) is 0.679. The van der Waals surface area contributed by atoms with Gasteiger partial charge in [-0.05, 0) is 23.8 Å². The number of nitrogens with one attached hydrogen (secondary N) is 1. The lowest BCUT2D eigenvalue weighted by Gasteiger charge is -2.02. The first-order valence-electron chi connectivity index (χ1n) is 5.02. The molecule has 0 atom stereocenters. The summed E-state index contributed by atoms with van der Waals surface area (Å²) in [7, 11) is -3.33. The van der Waals surface area contributed by atoms with Gasteiger partial charge in [0.2, 0.25) is 0 Å². The predicted molar refractivity (Wildman–Crippen MR) is 66.0 cm³/mol. The van der Waals surface area contributed by atoms with Gasteiger partial charge in [0.15, 0.2) is 9.84 Å². The zero-order valence-electron chi connectivity index (χ0n) is 9.45. The maximum atomic E-state index is 11.5. The lowest BCUT2D eigenvalue weighted by atomic mass is 10.1. The number of aromatic amines is 1. The van der Waals surface area contributed by atoms with Crippen molar-refractivity contribution in [2.75, 3.05) is 6.26 Å². The van der Waals surface area contributed by atoms with E-state index in [1.807, 2.05) is 0 Å². The van der Waals surface area contributed by atoms with Crippen molar-refractivity contribution in [2.45, 2.75) is 4.90 Å². The minimum absolute atomic E-state index is 0.0359. The molecule has 0 radical (unpaired) electrons. The van der Waals surface area contributed by atoms with Crippen LogP contribution in [0.4, 0.5) is 5.69 Å². The first-order chi connectivity index (χ1) is 8.39. The van der Waals surface area contributed by atoms with E-state index < -0.39 is 14.8 Å². The standard InChI is InChI=1S/C11H10N2O4S/c1-18(16,17)10-6-7-12-11(10)8-2-4-9(5-3-8)13(14)15/h2-7,12H,1H3. The number of hydrogen-bond donors (Lipinski definition) is 1. The molecule has 2 rings (SSSR count). The summed E-state index contributed by atoms with van der Waals surface area (Å²) in [5.74, 6) is 0. The Bertz CT molecular complexity index is 686. The van der Waals surface area contributed by atoms with E-state index in [-0.39, 0.29) is 10.6 Å². The van der Waals surface area contributed by atoms with Gasteiger partial charge in [-0.1, -0.05) is 0 Å². The van der Waals surface area contributed by atoms with Gasteiger partial charge in [-0.25, -0.2) is 8.42 Å². The molecule has 1 N–H and O–H groups in total. The average molecular weight is 266 g/mol. The second kappa shape index (κ2) is 4.26. The Hall–Kier alpha value is -2.15. The molecule has 1 aromatic heterocycles. The molecule has 7 heteroatoms. The van der Waals surface area contributed by atoms with Crippen LogP contribution in [0.25, 0.3) is 11.3 Å². The number of sulfone groups is 1. The van der Waals surface area contributed by atoms with Crippen LogP contribution in [0.1, 0.15) is 0 Å². The summed E-state index contributed by atoms with van der Waals surface area (Å²) in [4.78, 5) is 13.0. The van der Waals surface area contributed by atoms with Gasteiger partial charge < -0.3 is 4.98 Å². The van der Waals surface area contributed by atoms with Crippen molar-refractivity contribution < 1.29 is 13.3 Å². The highest BCUT2D eigenvalue weighted by atomic mass is 32.2. The van der Waals surface area contributed by atoms with E-state index in [1.165, 1.54) is 36.5 Å². The third-order valence-electron chi connectivity index (χ3n) is 2.48. The van der Waals surface area contributed by atoms with E-state index >= 15 is 0 Å². The maximum Gasteiger partial charge on any atom is 0.269 e. The highest BCUT2D eigenvalue weighted by Crippen LogP contribution is 2.27. The fraction of sp³-hybridized carbons (Fsp3) is 0.0909. The molecular weight excluding hydrogens is 256 g/mol. The molecule has 1 aromatic carbocycles. The third-order valence-corrected chi connectivity index (χ3v) is 3.61. The lowest BCUT2D eigenvalue weighted by molar-refractivity contribution is -0.384. The number of hydrogen-bond acceptors (Lipinski definition) is 4. The van der Waals surface area contributed by atoms with Gasteiger partial charge in [0.25, 0.3) is 5.69 Å². The van der Waals surface area contributed by atoms with Gasteiger partial charge in [0.05, 0.1) is 15.5 Å². The number of aromatic nitrogens is 1. The van der Waals surface area contributed by atoms with Crippen molar-refractivity contribution in [3.8, 4) is 11.3 Å². The molecule has 0 bridgehead atoms. The van der Waals surface area contributed by atoms with E-state index in [4.69, 9.17) is 0 Å². The van der Waals surface area contributed by atoms with E-state index in [1.54, 1.807) is 0 Å².